The summed E-state index contributed by atoms with van der Waals surface area (Å²) in [6.45, 7) is 4.70. The van der Waals surface area contributed by atoms with Crippen molar-refractivity contribution in [3.63, 3.8) is 0 Å². The zero-order valence-corrected chi connectivity index (χ0v) is 34.2. The molecule has 0 atom stereocenters. The summed E-state index contributed by atoms with van der Waals surface area (Å²) in [5, 5.41) is 4.82. The van der Waals surface area contributed by atoms with E-state index < -0.39 is 0 Å². The first kappa shape index (κ1) is 36.3. The van der Waals surface area contributed by atoms with Crippen molar-refractivity contribution in [3.8, 4) is 33.4 Å². The highest BCUT2D eigenvalue weighted by atomic mass is 15.2. The van der Waals surface area contributed by atoms with E-state index >= 15 is 0 Å². The number of rotatable bonds is 8. The molecule has 1 heterocycles. The normalized spacial score (nSPS) is 12.6. The maximum Gasteiger partial charge on any atom is 0.137 e. The Morgan fingerprint density at radius 3 is 1.69 bits per heavy atom. The van der Waals surface area contributed by atoms with Crippen molar-refractivity contribution in [2.24, 2.45) is 0 Å². The molecule has 1 aliphatic carbocycles. The Morgan fingerprint density at radius 1 is 0.361 bits per heavy atom. The van der Waals surface area contributed by atoms with Gasteiger partial charge in [0.2, 0.25) is 0 Å². The average molecular weight is 782 g/mol. The Balaban J connectivity index is 0.959. The van der Waals surface area contributed by atoms with Crippen LogP contribution in [-0.2, 0) is 5.41 Å². The van der Waals surface area contributed by atoms with Crippen molar-refractivity contribution in [2.75, 3.05) is 9.80 Å². The molecule has 11 rings (SSSR count). The second kappa shape index (κ2) is 14.8. The van der Waals surface area contributed by atoms with Gasteiger partial charge in [-0.15, -0.1) is 0 Å². The number of pyridine rings is 1. The van der Waals surface area contributed by atoms with Crippen LogP contribution >= 0.6 is 0 Å². The smallest absolute Gasteiger partial charge is 0.137 e. The molecule has 9 aromatic carbocycles. The molecule has 0 bridgehead atoms. The Hall–Kier alpha value is -7.75. The highest BCUT2D eigenvalue weighted by molar-refractivity contribution is 5.99. The third-order valence-electron chi connectivity index (χ3n) is 12.5. The van der Waals surface area contributed by atoms with Gasteiger partial charge in [-0.05, 0) is 122 Å². The Bertz CT molecular complexity index is 3200. The molecule has 3 heteroatoms. The molecule has 61 heavy (non-hydrogen) atoms. The summed E-state index contributed by atoms with van der Waals surface area (Å²) in [4.78, 5) is 9.79. The standard InChI is InChI=1S/C58H43N3/c1-58(2)54-21-11-10-20-52(54)53-35-34-50(38-55(53)58)60(56-22-12-18-44-16-8-9-19-51(44)56)47-29-25-43(26-30-47)46-28-36-57(59-39-46)61(49-33-27-41-15-6-7-17-45(41)37-49)48-31-23-42(24-32-48)40-13-4-3-5-14-40/h3-39H,1-2H3. The van der Waals surface area contributed by atoms with Gasteiger partial charge in [0.25, 0.3) is 0 Å². The minimum atomic E-state index is -0.106. The Morgan fingerprint density at radius 2 is 0.918 bits per heavy atom. The summed E-state index contributed by atoms with van der Waals surface area (Å²) < 4.78 is 0. The SMILES string of the molecule is CC1(C)c2ccccc2-c2ccc(N(c3ccc(-c4ccc(N(c5ccc(-c6ccccc6)cc5)c5ccc6ccccc6c5)nc4)cc3)c3cccc4ccccc34)cc21. The van der Waals surface area contributed by atoms with E-state index in [0.29, 0.717) is 0 Å². The molecule has 0 fully saturated rings. The predicted octanol–water partition coefficient (Wildman–Crippen LogP) is 16.0. The lowest BCUT2D eigenvalue weighted by atomic mass is 9.82. The monoisotopic (exact) mass is 781 g/mol. The van der Waals surface area contributed by atoms with E-state index in [0.717, 1.165) is 45.4 Å². The van der Waals surface area contributed by atoms with Crippen LogP contribution in [0.3, 0.4) is 0 Å². The molecule has 0 spiro atoms. The van der Waals surface area contributed by atoms with E-state index in [2.05, 4.69) is 242 Å². The summed E-state index contributed by atoms with van der Waals surface area (Å²) in [5.41, 5.74) is 15.3. The van der Waals surface area contributed by atoms with Crippen LogP contribution in [-0.4, -0.2) is 4.98 Å². The number of hydrogen-bond acceptors (Lipinski definition) is 3. The van der Waals surface area contributed by atoms with Crippen LogP contribution in [0.4, 0.5) is 34.3 Å². The van der Waals surface area contributed by atoms with E-state index in [1.807, 2.05) is 6.20 Å². The van der Waals surface area contributed by atoms with E-state index in [9.17, 15) is 0 Å². The fourth-order valence-corrected chi connectivity index (χ4v) is 9.32. The maximum atomic E-state index is 5.14. The van der Waals surface area contributed by atoms with Gasteiger partial charge in [-0.1, -0.05) is 166 Å². The lowest BCUT2D eigenvalue weighted by Crippen LogP contribution is -2.16. The van der Waals surface area contributed by atoms with Crippen molar-refractivity contribution in [3.05, 3.63) is 236 Å². The van der Waals surface area contributed by atoms with Crippen LogP contribution in [0.5, 0.6) is 0 Å². The van der Waals surface area contributed by atoms with Crippen LogP contribution in [0.1, 0.15) is 25.0 Å². The van der Waals surface area contributed by atoms with Crippen molar-refractivity contribution in [2.45, 2.75) is 19.3 Å². The van der Waals surface area contributed by atoms with Crippen molar-refractivity contribution in [1.29, 1.82) is 0 Å². The summed E-state index contributed by atoms with van der Waals surface area (Å²) in [7, 11) is 0. The molecule has 1 aliphatic rings. The van der Waals surface area contributed by atoms with Gasteiger partial charge in [-0.2, -0.15) is 0 Å². The third-order valence-corrected chi connectivity index (χ3v) is 12.5. The quantitative estimate of drug-likeness (QED) is 0.153. The number of hydrogen-bond donors (Lipinski definition) is 0. The lowest BCUT2D eigenvalue weighted by molar-refractivity contribution is 0.660. The molecule has 3 nitrogen and oxygen atoms in total. The molecule has 0 unspecified atom stereocenters. The second-order valence-electron chi connectivity index (χ2n) is 16.5. The first-order valence-electron chi connectivity index (χ1n) is 21.0. The lowest BCUT2D eigenvalue weighted by Gasteiger charge is -2.29. The summed E-state index contributed by atoms with van der Waals surface area (Å²) in [5.74, 6) is 0.854. The fraction of sp³-hybridized carbons (Fsp3) is 0.0517. The van der Waals surface area contributed by atoms with Gasteiger partial charge in [0, 0.05) is 45.3 Å². The largest absolute Gasteiger partial charge is 0.310 e. The molecule has 0 amide bonds. The molecule has 0 saturated carbocycles. The second-order valence-corrected chi connectivity index (χ2v) is 16.5. The van der Waals surface area contributed by atoms with E-state index in [1.165, 1.54) is 54.9 Å². The van der Waals surface area contributed by atoms with Gasteiger partial charge in [-0.3, -0.25) is 4.90 Å². The summed E-state index contributed by atoms with van der Waals surface area (Å²) >= 11 is 0. The Labute approximate surface area is 357 Å². The summed E-state index contributed by atoms with van der Waals surface area (Å²) in [6, 6.07) is 78.8. The van der Waals surface area contributed by atoms with Gasteiger partial charge >= 0.3 is 0 Å². The molecule has 0 aliphatic heterocycles. The first-order chi connectivity index (χ1) is 30.0. The van der Waals surface area contributed by atoms with Crippen LogP contribution < -0.4 is 9.80 Å². The minimum absolute atomic E-state index is 0.106. The van der Waals surface area contributed by atoms with Crippen LogP contribution in [0.15, 0.2) is 225 Å². The molecule has 0 saturated heterocycles. The number of anilines is 6. The summed E-state index contributed by atoms with van der Waals surface area (Å²) in [6.07, 6.45) is 2.00. The molecule has 0 radical (unpaired) electrons. The van der Waals surface area contributed by atoms with Crippen molar-refractivity contribution < 1.29 is 0 Å². The molecule has 0 N–H and O–H groups in total. The van der Waals surface area contributed by atoms with Gasteiger partial charge in [-0.25, -0.2) is 4.98 Å². The molecule has 290 valence electrons. The number of nitrogens with zero attached hydrogens (tertiary/aromatic N) is 3. The van der Waals surface area contributed by atoms with Gasteiger partial charge < -0.3 is 4.90 Å². The van der Waals surface area contributed by atoms with Crippen LogP contribution in [0.25, 0.3) is 54.9 Å². The number of benzene rings is 9. The number of aromatic nitrogens is 1. The van der Waals surface area contributed by atoms with Crippen molar-refractivity contribution in [1.82, 2.24) is 4.98 Å². The van der Waals surface area contributed by atoms with Crippen LogP contribution in [0, 0.1) is 0 Å². The van der Waals surface area contributed by atoms with E-state index in [-0.39, 0.29) is 5.41 Å². The van der Waals surface area contributed by atoms with Gasteiger partial charge in [0.15, 0.2) is 0 Å². The minimum Gasteiger partial charge on any atom is -0.310 e. The van der Waals surface area contributed by atoms with E-state index in [1.54, 1.807) is 0 Å². The predicted molar refractivity (Wildman–Crippen MR) is 257 cm³/mol. The average Bonchev–Trinajstić information content (AvgIpc) is 3.55. The van der Waals surface area contributed by atoms with Crippen LogP contribution in [0.2, 0.25) is 0 Å². The maximum absolute atomic E-state index is 5.14. The zero-order chi connectivity index (χ0) is 40.9. The van der Waals surface area contributed by atoms with Gasteiger partial charge in [0.05, 0.1) is 5.69 Å². The first-order valence-corrected chi connectivity index (χ1v) is 21.0. The molecule has 10 aromatic rings. The molecule has 1 aromatic heterocycles. The van der Waals surface area contributed by atoms with E-state index in [4.69, 9.17) is 4.98 Å². The highest BCUT2D eigenvalue weighted by Gasteiger charge is 2.35. The zero-order valence-electron chi connectivity index (χ0n) is 34.2. The highest BCUT2D eigenvalue weighted by Crippen LogP contribution is 2.51. The van der Waals surface area contributed by atoms with Crippen molar-refractivity contribution >= 4 is 55.8 Å². The fourth-order valence-electron chi connectivity index (χ4n) is 9.32. The molecular weight excluding hydrogens is 739 g/mol. The molecular formula is C58H43N3. The number of fused-ring (bicyclic) bond motifs is 5. The van der Waals surface area contributed by atoms with Gasteiger partial charge in [0.1, 0.15) is 5.82 Å². The Kier molecular flexibility index (Phi) is 8.82. The third kappa shape index (κ3) is 6.43. The topological polar surface area (TPSA) is 19.4 Å².